The van der Waals surface area contributed by atoms with Crippen molar-refractivity contribution in [1.82, 2.24) is 0 Å². The summed E-state index contributed by atoms with van der Waals surface area (Å²) >= 11 is 0. The molecule has 0 saturated carbocycles. The quantitative estimate of drug-likeness (QED) is 0.159. The lowest BCUT2D eigenvalue weighted by Gasteiger charge is -2.26. The molecule has 0 N–H and O–H groups in total. The molecule has 2 aliphatic rings. The Labute approximate surface area is 398 Å². The third-order valence-electron chi connectivity index (χ3n) is 15.1. The molecule has 2 aliphatic carbocycles. The van der Waals surface area contributed by atoms with Crippen molar-refractivity contribution in [3.63, 3.8) is 0 Å². The zero-order chi connectivity index (χ0) is 45.7. The number of anilines is 3. The highest BCUT2D eigenvalue weighted by Gasteiger charge is 2.36. The Hall–Kier alpha value is -8.20. The van der Waals surface area contributed by atoms with E-state index < -0.39 is 0 Å². The van der Waals surface area contributed by atoms with Crippen LogP contribution in [0.3, 0.4) is 0 Å². The monoisotopic (exact) mass is 871 g/mol. The van der Waals surface area contributed by atoms with Gasteiger partial charge >= 0.3 is 0 Å². The Kier molecular flexibility index (Phi) is 8.95. The van der Waals surface area contributed by atoms with Crippen LogP contribution < -0.4 is 4.90 Å². The van der Waals surface area contributed by atoms with Crippen LogP contribution in [0.1, 0.15) is 49.9 Å². The molecule has 0 saturated heterocycles. The van der Waals surface area contributed by atoms with Gasteiger partial charge in [0.25, 0.3) is 0 Å². The summed E-state index contributed by atoms with van der Waals surface area (Å²) in [6.07, 6.45) is 0. The predicted molar refractivity (Wildman–Crippen MR) is 285 cm³/mol. The Morgan fingerprint density at radius 1 is 0.279 bits per heavy atom. The first-order valence-electron chi connectivity index (χ1n) is 23.8. The Bertz CT molecular complexity index is 3650. The first kappa shape index (κ1) is 40.1. The maximum Gasteiger partial charge on any atom is 0.136 e. The van der Waals surface area contributed by atoms with Crippen molar-refractivity contribution in [2.45, 2.75) is 38.5 Å². The normalized spacial score (nSPS) is 13.8. The molecule has 68 heavy (non-hydrogen) atoms. The summed E-state index contributed by atoms with van der Waals surface area (Å²) in [5, 5.41) is 2.28. The summed E-state index contributed by atoms with van der Waals surface area (Å²) in [5.74, 6) is 0. The smallest absolute Gasteiger partial charge is 0.136 e. The molecule has 0 fully saturated rings. The van der Waals surface area contributed by atoms with E-state index in [9.17, 15) is 0 Å². The molecule has 2 heteroatoms. The summed E-state index contributed by atoms with van der Waals surface area (Å²) in [7, 11) is 0. The number of nitrogens with zero attached hydrogens (tertiary/aromatic N) is 1. The standard InChI is InChI=1S/C66H49NO/c1-65(2)59-19-11-8-16-53(59)55-33-26-44(39-61(55)65)48-36-47(37-49(38-48)45-27-34-56-54-17-9-12-20-60(54)66(3,4)62(56)40-45)43-24-31-52(32-25-43)67(50-14-6-5-7-15-50)51-29-22-42(23-30-51)46-28-35-58-57-18-10-13-21-63(57)68-64(58)41-46/h5-41H,1-4H3. The first-order chi connectivity index (χ1) is 33.2. The van der Waals surface area contributed by atoms with Crippen LogP contribution in [0.4, 0.5) is 17.1 Å². The average Bonchev–Trinajstić information content (AvgIpc) is 3.96. The molecule has 0 bridgehead atoms. The van der Waals surface area contributed by atoms with E-state index in [-0.39, 0.29) is 10.8 Å². The van der Waals surface area contributed by atoms with E-state index >= 15 is 0 Å². The van der Waals surface area contributed by atoms with Gasteiger partial charge in [-0.05, 0) is 174 Å². The minimum absolute atomic E-state index is 0.0898. The van der Waals surface area contributed by atoms with E-state index in [4.69, 9.17) is 4.42 Å². The highest BCUT2D eigenvalue weighted by Crippen LogP contribution is 2.52. The summed E-state index contributed by atoms with van der Waals surface area (Å²) in [6.45, 7) is 9.46. The fourth-order valence-electron chi connectivity index (χ4n) is 11.4. The van der Waals surface area contributed by atoms with Gasteiger partial charge in [0.1, 0.15) is 11.2 Å². The highest BCUT2D eigenvalue weighted by molar-refractivity contribution is 6.06. The van der Waals surface area contributed by atoms with Gasteiger partial charge in [0.05, 0.1) is 0 Å². The maximum absolute atomic E-state index is 6.25. The van der Waals surface area contributed by atoms with Gasteiger partial charge in [0, 0.05) is 38.7 Å². The summed E-state index contributed by atoms with van der Waals surface area (Å²) in [4.78, 5) is 2.34. The predicted octanol–water partition coefficient (Wildman–Crippen LogP) is 18.3. The van der Waals surface area contributed by atoms with Crippen LogP contribution in [0, 0.1) is 0 Å². The maximum atomic E-state index is 6.25. The third-order valence-corrected chi connectivity index (χ3v) is 15.1. The average molecular weight is 872 g/mol. The van der Waals surface area contributed by atoms with Crippen LogP contribution in [0.15, 0.2) is 229 Å². The van der Waals surface area contributed by atoms with Gasteiger partial charge in [-0.3, -0.25) is 0 Å². The molecule has 11 aromatic rings. The molecular weight excluding hydrogens is 823 g/mol. The Morgan fingerprint density at radius 2 is 0.676 bits per heavy atom. The highest BCUT2D eigenvalue weighted by atomic mass is 16.3. The minimum atomic E-state index is -0.0898. The van der Waals surface area contributed by atoms with Crippen LogP contribution in [0.2, 0.25) is 0 Å². The van der Waals surface area contributed by atoms with Crippen molar-refractivity contribution in [1.29, 1.82) is 0 Å². The number of hydrogen-bond donors (Lipinski definition) is 0. The van der Waals surface area contributed by atoms with Gasteiger partial charge in [-0.25, -0.2) is 0 Å². The molecule has 0 amide bonds. The fraction of sp³-hybridized carbons (Fsp3) is 0.0909. The number of benzene rings is 10. The van der Waals surface area contributed by atoms with Gasteiger partial charge in [0.15, 0.2) is 0 Å². The second kappa shape index (κ2) is 15.2. The van der Waals surface area contributed by atoms with Crippen molar-refractivity contribution in [3.05, 3.63) is 247 Å². The second-order valence-corrected chi connectivity index (χ2v) is 19.7. The number of rotatable bonds is 7. The molecular formula is C66H49NO. The number of hydrogen-bond acceptors (Lipinski definition) is 2. The molecule has 13 rings (SSSR count). The SMILES string of the molecule is CC1(C)c2ccccc2-c2ccc(-c3cc(-c4ccc(N(c5ccccc5)c5ccc(-c6ccc7c(c6)oc6ccccc67)cc5)cc4)cc(-c4ccc5c(c4)C(C)(C)c4ccccc4-5)c3)cc21. The van der Waals surface area contributed by atoms with Crippen molar-refractivity contribution in [2.24, 2.45) is 0 Å². The fourth-order valence-corrected chi connectivity index (χ4v) is 11.4. The van der Waals surface area contributed by atoms with Crippen molar-refractivity contribution >= 4 is 39.0 Å². The van der Waals surface area contributed by atoms with E-state index in [1.165, 1.54) is 77.9 Å². The molecule has 0 radical (unpaired) electrons. The molecule has 0 atom stereocenters. The van der Waals surface area contributed by atoms with Crippen molar-refractivity contribution < 1.29 is 4.42 Å². The van der Waals surface area contributed by atoms with Crippen LogP contribution in [0.25, 0.3) is 88.7 Å². The lowest BCUT2D eigenvalue weighted by molar-refractivity contribution is 0.660. The summed E-state index contributed by atoms with van der Waals surface area (Å²) in [6, 6.07) is 82.7. The van der Waals surface area contributed by atoms with E-state index in [0.29, 0.717) is 0 Å². The molecule has 2 nitrogen and oxygen atoms in total. The Balaban J connectivity index is 0.892. The van der Waals surface area contributed by atoms with Crippen molar-refractivity contribution in [2.75, 3.05) is 4.90 Å². The van der Waals surface area contributed by atoms with Crippen LogP contribution >= 0.6 is 0 Å². The zero-order valence-corrected chi connectivity index (χ0v) is 38.7. The molecule has 10 aromatic carbocycles. The second-order valence-electron chi connectivity index (χ2n) is 19.7. The molecule has 0 spiro atoms. The van der Waals surface area contributed by atoms with E-state index in [0.717, 1.165) is 50.1 Å². The first-order valence-corrected chi connectivity index (χ1v) is 23.8. The van der Waals surface area contributed by atoms with Gasteiger partial charge in [-0.15, -0.1) is 0 Å². The zero-order valence-electron chi connectivity index (χ0n) is 38.7. The summed E-state index contributed by atoms with van der Waals surface area (Å²) in [5.41, 5.74) is 25.3. The largest absolute Gasteiger partial charge is 0.456 e. The van der Waals surface area contributed by atoms with E-state index in [1.54, 1.807) is 0 Å². The van der Waals surface area contributed by atoms with Crippen LogP contribution in [-0.4, -0.2) is 0 Å². The van der Waals surface area contributed by atoms with E-state index in [1.807, 2.05) is 12.1 Å². The van der Waals surface area contributed by atoms with Crippen LogP contribution in [-0.2, 0) is 10.8 Å². The van der Waals surface area contributed by atoms with Gasteiger partial charge < -0.3 is 9.32 Å². The molecule has 0 aliphatic heterocycles. The van der Waals surface area contributed by atoms with E-state index in [2.05, 4.69) is 245 Å². The Morgan fingerprint density at radius 3 is 1.25 bits per heavy atom. The molecule has 324 valence electrons. The van der Waals surface area contributed by atoms with Gasteiger partial charge in [0.2, 0.25) is 0 Å². The van der Waals surface area contributed by atoms with Gasteiger partial charge in [-0.2, -0.15) is 0 Å². The number of furan rings is 1. The lowest BCUT2D eigenvalue weighted by Crippen LogP contribution is -2.15. The number of para-hydroxylation sites is 2. The van der Waals surface area contributed by atoms with Crippen molar-refractivity contribution in [3.8, 4) is 66.8 Å². The topological polar surface area (TPSA) is 16.4 Å². The molecule has 1 aromatic heterocycles. The summed E-state index contributed by atoms with van der Waals surface area (Å²) < 4.78 is 6.25. The third kappa shape index (κ3) is 6.32. The molecule has 0 unspecified atom stereocenters. The lowest BCUT2D eigenvalue weighted by atomic mass is 9.81. The number of fused-ring (bicyclic) bond motifs is 9. The van der Waals surface area contributed by atoms with Gasteiger partial charge in [-0.1, -0.05) is 167 Å². The minimum Gasteiger partial charge on any atom is -0.456 e. The van der Waals surface area contributed by atoms with Crippen LogP contribution in [0.5, 0.6) is 0 Å². The molecule has 1 heterocycles.